The first-order valence-corrected chi connectivity index (χ1v) is 8.01. The molecule has 7 nitrogen and oxygen atoms in total. The van der Waals surface area contributed by atoms with E-state index < -0.39 is 4.92 Å². The van der Waals surface area contributed by atoms with E-state index in [4.69, 9.17) is 0 Å². The fourth-order valence-electron chi connectivity index (χ4n) is 2.20. The van der Waals surface area contributed by atoms with Gasteiger partial charge in [0.25, 0.3) is 5.69 Å². The maximum atomic E-state index is 11.9. The standard InChI is InChI=1S/C19H19N3O4/c1-20-18(23)12-6-14-2-8-16(9-3-14)21-19(24)13-7-15-4-10-17(11-5-15)22(25)26/h2-5,7-11,13H,6,12H2,1H3,(H,20,23)(H,21,24)/b13-7+. The number of amides is 2. The molecule has 0 saturated heterocycles. The number of nitrogens with zero attached hydrogens (tertiary/aromatic N) is 1. The second-order valence-electron chi connectivity index (χ2n) is 5.54. The van der Waals surface area contributed by atoms with Gasteiger partial charge in [-0.15, -0.1) is 0 Å². The lowest BCUT2D eigenvalue weighted by atomic mass is 10.1. The predicted octanol–water partition coefficient (Wildman–Crippen LogP) is 2.93. The summed E-state index contributed by atoms with van der Waals surface area (Å²) >= 11 is 0. The summed E-state index contributed by atoms with van der Waals surface area (Å²) in [4.78, 5) is 33.3. The van der Waals surface area contributed by atoms with Gasteiger partial charge in [-0.2, -0.15) is 0 Å². The highest BCUT2D eigenvalue weighted by Gasteiger charge is 2.04. The second kappa shape index (κ2) is 9.12. The summed E-state index contributed by atoms with van der Waals surface area (Å²) in [6.45, 7) is 0. The third kappa shape index (κ3) is 5.86. The number of nitrogens with one attached hydrogen (secondary N) is 2. The first kappa shape index (κ1) is 18.9. The molecule has 0 unspecified atom stereocenters. The molecule has 0 fully saturated rings. The number of hydrogen-bond acceptors (Lipinski definition) is 4. The Hall–Kier alpha value is -3.48. The Bertz CT molecular complexity index is 812. The number of nitro benzene ring substituents is 1. The molecule has 0 bridgehead atoms. The number of carbonyl (C=O) groups is 2. The number of hydrogen-bond donors (Lipinski definition) is 2. The van der Waals surface area contributed by atoms with Crippen molar-refractivity contribution in [3.05, 3.63) is 75.8 Å². The number of benzene rings is 2. The van der Waals surface area contributed by atoms with Gasteiger partial charge < -0.3 is 10.6 Å². The van der Waals surface area contributed by atoms with Gasteiger partial charge in [0.05, 0.1) is 4.92 Å². The lowest BCUT2D eigenvalue weighted by Gasteiger charge is -2.05. The Balaban J connectivity index is 1.88. The van der Waals surface area contributed by atoms with Crippen LogP contribution < -0.4 is 10.6 Å². The zero-order valence-corrected chi connectivity index (χ0v) is 14.3. The SMILES string of the molecule is CNC(=O)CCc1ccc(NC(=O)/C=C/c2ccc([N+](=O)[O-])cc2)cc1. The van der Waals surface area contributed by atoms with Crippen molar-refractivity contribution in [2.45, 2.75) is 12.8 Å². The maximum absolute atomic E-state index is 11.9. The van der Waals surface area contributed by atoms with Crippen molar-refractivity contribution in [3.8, 4) is 0 Å². The van der Waals surface area contributed by atoms with E-state index in [9.17, 15) is 19.7 Å². The van der Waals surface area contributed by atoms with E-state index >= 15 is 0 Å². The molecule has 0 spiro atoms. The van der Waals surface area contributed by atoms with Crippen LogP contribution in [0.4, 0.5) is 11.4 Å². The Morgan fingerprint density at radius 3 is 2.31 bits per heavy atom. The van der Waals surface area contributed by atoms with Crippen molar-refractivity contribution < 1.29 is 14.5 Å². The first-order valence-electron chi connectivity index (χ1n) is 8.01. The molecular weight excluding hydrogens is 334 g/mol. The molecular formula is C19H19N3O4. The van der Waals surface area contributed by atoms with Crippen LogP contribution in [-0.4, -0.2) is 23.8 Å². The number of anilines is 1. The first-order chi connectivity index (χ1) is 12.5. The summed E-state index contributed by atoms with van der Waals surface area (Å²) in [6.07, 6.45) is 3.99. The van der Waals surface area contributed by atoms with Crippen LogP contribution in [-0.2, 0) is 16.0 Å². The van der Waals surface area contributed by atoms with E-state index in [2.05, 4.69) is 10.6 Å². The minimum atomic E-state index is -0.474. The monoisotopic (exact) mass is 353 g/mol. The largest absolute Gasteiger partial charge is 0.359 e. The summed E-state index contributed by atoms with van der Waals surface area (Å²) in [5.74, 6) is -0.319. The van der Waals surface area contributed by atoms with Crippen LogP contribution in [0.5, 0.6) is 0 Å². The van der Waals surface area contributed by atoms with E-state index in [0.717, 1.165) is 5.56 Å². The van der Waals surface area contributed by atoms with Gasteiger partial charge in [-0.05, 0) is 47.9 Å². The number of carbonyl (C=O) groups excluding carboxylic acids is 2. The number of aryl methyl sites for hydroxylation is 1. The number of nitro groups is 1. The molecule has 0 atom stereocenters. The molecule has 2 N–H and O–H groups in total. The molecule has 2 aromatic rings. The lowest BCUT2D eigenvalue weighted by Crippen LogP contribution is -2.17. The van der Waals surface area contributed by atoms with E-state index in [1.165, 1.54) is 18.2 Å². The van der Waals surface area contributed by atoms with E-state index in [-0.39, 0.29) is 17.5 Å². The molecule has 0 saturated carbocycles. The molecule has 0 aliphatic carbocycles. The molecule has 0 aliphatic heterocycles. The molecule has 0 aromatic heterocycles. The van der Waals surface area contributed by atoms with Gasteiger partial charge in [-0.25, -0.2) is 0 Å². The molecule has 0 aliphatic rings. The quantitative estimate of drug-likeness (QED) is 0.454. The highest BCUT2D eigenvalue weighted by atomic mass is 16.6. The van der Waals surface area contributed by atoms with Crippen LogP contribution >= 0.6 is 0 Å². The smallest absolute Gasteiger partial charge is 0.269 e. The Labute approximate surface area is 150 Å². The Kier molecular flexibility index (Phi) is 6.61. The molecule has 2 rings (SSSR count). The van der Waals surface area contributed by atoms with Gasteiger partial charge in [0.15, 0.2) is 0 Å². The number of rotatable bonds is 7. The summed E-state index contributed by atoms with van der Waals surface area (Å²) < 4.78 is 0. The van der Waals surface area contributed by atoms with Gasteiger partial charge in [0.1, 0.15) is 0 Å². The van der Waals surface area contributed by atoms with Crippen molar-refractivity contribution in [2.24, 2.45) is 0 Å². The fourth-order valence-corrected chi connectivity index (χ4v) is 2.20. The molecule has 134 valence electrons. The van der Waals surface area contributed by atoms with Gasteiger partial charge in [-0.1, -0.05) is 12.1 Å². The van der Waals surface area contributed by atoms with Gasteiger partial charge in [-0.3, -0.25) is 19.7 Å². The van der Waals surface area contributed by atoms with Crippen LogP contribution in [0.15, 0.2) is 54.6 Å². The summed E-state index contributed by atoms with van der Waals surface area (Å²) in [5.41, 5.74) is 2.35. The second-order valence-corrected chi connectivity index (χ2v) is 5.54. The highest BCUT2D eigenvalue weighted by Crippen LogP contribution is 2.14. The van der Waals surface area contributed by atoms with Crippen LogP contribution in [0.2, 0.25) is 0 Å². The summed E-state index contributed by atoms with van der Waals surface area (Å²) in [5, 5.41) is 15.9. The molecule has 26 heavy (non-hydrogen) atoms. The average Bonchev–Trinajstić information content (AvgIpc) is 2.65. The van der Waals surface area contributed by atoms with Crippen molar-refractivity contribution in [1.82, 2.24) is 5.32 Å². The number of non-ortho nitro benzene ring substituents is 1. The van der Waals surface area contributed by atoms with E-state index in [1.807, 2.05) is 12.1 Å². The zero-order valence-electron chi connectivity index (χ0n) is 14.3. The van der Waals surface area contributed by atoms with Crippen molar-refractivity contribution in [1.29, 1.82) is 0 Å². The van der Waals surface area contributed by atoms with Crippen molar-refractivity contribution >= 4 is 29.3 Å². The van der Waals surface area contributed by atoms with Gasteiger partial charge >= 0.3 is 0 Å². The maximum Gasteiger partial charge on any atom is 0.269 e. The lowest BCUT2D eigenvalue weighted by molar-refractivity contribution is -0.384. The van der Waals surface area contributed by atoms with Crippen LogP contribution in [0.25, 0.3) is 6.08 Å². The Morgan fingerprint density at radius 1 is 1.08 bits per heavy atom. The topological polar surface area (TPSA) is 101 Å². The average molecular weight is 353 g/mol. The molecule has 7 heteroatoms. The van der Waals surface area contributed by atoms with Crippen LogP contribution in [0.1, 0.15) is 17.5 Å². The molecule has 0 heterocycles. The van der Waals surface area contributed by atoms with Crippen LogP contribution in [0.3, 0.4) is 0 Å². The fraction of sp³-hybridized carbons (Fsp3) is 0.158. The third-order valence-electron chi connectivity index (χ3n) is 3.67. The third-order valence-corrected chi connectivity index (χ3v) is 3.67. The predicted molar refractivity (Wildman–Crippen MR) is 99.6 cm³/mol. The molecule has 0 radical (unpaired) electrons. The minimum absolute atomic E-state index is 0.00288. The van der Waals surface area contributed by atoms with Gasteiger partial charge in [0.2, 0.25) is 11.8 Å². The van der Waals surface area contributed by atoms with Crippen LogP contribution in [0, 0.1) is 10.1 Å². The Morgan fingerprint density at radius 2 is 1.73 bits per heavy atom. The highest BCUT2D eigenvalue weighted by molar-refractivity contribution is 6.01. The van der Waals surface area contributed by atoms with Crippen molar-refractivity contribution in [3.63, 3.8) is 0 Å². The summed E-state index contributed by atoms with van der Waals surface area (Å²) in [7, 11) is 1.60. The normalized spacial score (nSPS) is 10.5. The van der Waals surface area contributed by atoms with E-state index in [1.54, 1.807) is 37.4 Å². The zero-order chi connectivity index (χ0) is 18.9. The van der Waals surface area contributed by atoms with Crippen molar-refractivity contribution in [2.75, 3.05) is 12.4 Å². The molecule has 2 amide bonds. The van der Waals surface area contributed by atoms with Gasteiger partial charge in [0, 0.05) is 37.4 Å². The molecule has 2 aromatic carbocycles. The minimum Gasteiger partial charge on any atom is -0.359 e. The van der Waals surface area contributed by atoms with E-state index in [0.29, 0.717) is 24.1 Å². The summed E-state index contributed by atoms with van der Waals surface area (Å²) in [6, 6.07) is 13.2.